The van der Waals surface area contributed by atoms with E-state index < -0.39 is 0 Å². The molecule has 1 saturated heterocycles. The van der Waals surface area contributed by atoms with E-state index >= 15 is 0 Å². The molecule has 0 aromatic carbocycles. The van der Waals surface area contributed by atoms with Gasteiger partial charge in [0.05, 0.1) is 12.7 Å². The molecule has 3 aliphatic rings. The molecule has 92 valence electrons. The van der Waals surface area contributed by atoms with E-state index in [4.69, 9.17) is 9.47 Å². The third-order valence-electron chi connectivity index (χ3n) is 3.81. The first-order valence-corrected chi connectivity index (χ1v) is 8.01. The molecule has 0 N–H and O–H groups in total. The Morgan fingerprint density at radius 3 is 2.31 bits per heavy atom. The maximum absolute atomic E-state index is 6.04. The van der Waals surface area contributed by atoms with Crippen molar-refractivity contribution >= 4 is 27.7 Å². The molecule has 2 aliphatic carbocycles. The minimum Gasteiger partial charge on any atom is -0.348 e. The zero-order valence-electron chi connectivity index (χ0n) is 9.92. The van der Waals surface area contributed by atoms with Gasteiger partial charge in [-0.25, -0.2) is 0 Å². The molecule has 4 heteroatoms. The van der Waals surface area contributed by atoms with E-state index in [1.165, 1.54) is 25.7 Å². The SMILES string of the molecule is CC1(C)OCC(C2(SC3(CBr)CC3)CC2)O1. The highest BCUT2D eigenvalue weighted by molar-refractivity contribution is 9.09. The normalized spacial score (nSPS) is 37.3. The van der Waals surface area contributed by atoms with E-state index in [0.717, 1.165) is 11.9 Å². The number of alkyl halides is 1. The van der Waals surface area contributed by atoms with Crippen LogP contribution in [0.15, 0.2) is 0 Å². The van der Waals surface area contributed by atoms with Crippen molar-refractivity contribution in [3.8, 4) is 0 Å². The molecule has 0 aromatic rings. The lowest BCUT2D eigenvalue weighted by Gasteiger charge is -2.26. The zero-order valence-corrected chi connectivity index (χ0v) is 12.3. The van der Waals surface area contributed by atoms with E-state index in [9.17, 15) is 0 Å². The molecular formula is C12H19BrO2S. The second kappa shape index (κ2) is 3.62. The Bertz CT molecular complexity index is 297. The van der Waals surface area contributed by atoms with Gasteiger partial charge >= 0.3 is 0 Å². The van der Waals surface area contributed by atoms with Crippen molar-refractivity contribution in [3.63, 3.8) is 0 Å². The fraction of sp³-hybridized carbons (Fsp3) is 1.00. The van der Waals surface area contributed by atoms with Gasteiger partial charge in [0, 0.05) is 14.8 Å². The van der Waals surface area contributed by atoms with Crippen molar-refractivity contribution < 1.29 is 9.47 Å². The minimum absolute atomic E-state index is 0.309. The van der Waals surface area contributed by atoms with Gasteiger partial charge in [0.25, 0.3) is 0 Å². The number of hydrogen-bond donors (Lipinski definition) is 0. The highest BCUT2D eigenvalue weighted by atomic mass is 79.9. The van der Waals surface area contributed by atoms with Crippen LogP contribution in [-0.4, -0.2) is 33.3 Å². The Kier molecular flexibility index (Phi) is 2.68. The summed E-state index contributed by atoms with van der Waals surface area (Å²) in [5, 5.41) is 1.13. The Morgan fingerprint density at radius 2 is 1.94 bits per heavy atom. The fourth-order valence-corrected chi connectivity index (χ4v) is 5.07. The minimum atomic E-state index is -0.369. The summed E-state index contributed by atoms with van der Waals surface area (Å²) in [5.74, 6) is -0.369. The van der Waals surface area contributed by atoms with Crippen LogP contribution in [0.4, 0.5) is 0 Å². The smallest absolute Gasteiger partial charge is 0.163 e. The second-order valence-corrected chi connectivity index (χ2v) is 8.24. The van der Waals surface area contributed by atoms with Gasteiger partial charge in [-0.1, -0.05) is 15.9 Å². The lowest BCUT2D eigenvalue weighted by molar-refractivity contribution is -0.139. The number of thioether (sulfide) groups is 1. The first kappa shape index (κ1) is 11.8. The van der Waals surface area contributed by atoms with Crippen molar-refractivity contribution in [1.29, 1.82) is 0 Å². The van der Waals surface area contributed by atoms with Crippen LogP contribution in [0.25, 0.3) is 0 Å². The monoisotopic (exact) mass is 306 g/mol. The van der Waals surface area contributed by atoms with Crippen molar-refractivity contribution in [2.75, 3.05) is 11.9 Å². The quantitative estimate of drug-likeness (QED) is 0.742. The third kappa shape index (κ3) is 2.06. The summed E-state index contributed by atoms with van der Waals surface area (Å²) < 4.78 is 12.6. The van der Waals surface area contributed by atoms with Crippen molar-refractivity contribution in [2.24, 2.45) is 0 Å². The number of halogens is 1. The molecule has 0 amide bonds. The number of ether oxygens (including phenoxy) is 2. The molecule has 16 heavy (non-hydrogen) atoms. The molecule has 0 radical (unpaired) electrons. The zero-order chi connectivity index (χ0) is 11.4. The third-order valence-corrected chi connectivity index (χ3v) is 7.32. The maximum atomic E-state index is 6.04. The van der Waals surface area contributed by atoms with Crippen LogP contribution in [0.1, 0.15) is 39.5 Å². The van der Waals surface area contributed by atoms with Gasteiger partial charge in [-0.3, -0.25) is 0 Å². The molecule has 2 nitrogen and oxygen atoms in total. The van der Waals surface area contributed by atoms with Crippen LogP contribution >= 0.6 is 27.7 Å². The van der Waals surface area contributed by atoms with Crippen LogP contribution in [0.5, 0.6) is 0 Å². The lowest BCUT2D eigenvalue weighted by atomic mass is 10.2. The molecular weight excluding hydrogens is 288 g/mol. The Hall–Kier alpha value is 0.750. The van der Waals surface area contributed by atoms with Gasteiger partial charge in [-0.15, -0.1) is 11.8 Å². The average molecular weight is 307 g/mol. The van der Waals surface area contributed by atoms with Crippen molar-refractivity contribution in [1.82, 2.24) is 0 Å². The molecule has 3 fully saturated rings. The van der Waals surface area contributed by atoms with E-state index in [1.54, 1.807) is 0 Å². The van der Waals surface area contributed by atoms with Crippen LogP contribution in [0.2, 0.25) is 0 Å². The second-order valence-electron chi connectivity index (χ2n) is 5.80. The summed E-state index contributed by atoms with van der Waals surface area (Å²) in [7, 11) is 0. The van der Waals surface area contributed by atoms with Gasteiger partial charge in [-0.2, -0.15) is 0 Å². The van der Waals surface area contributed by atoms with E-state index in [2.05, 4.69) is 27.7 Å². The maximum Gasteiger partial charge on any atom is 0.163 e. The molecule has 3 rings (SSSR count). The van der Waals surface area contributed by atoms with Crippen LogP contribution < -0.4 is 0 Å². The Balaban J connectivity index is 1.66. The molecule has 1 atom stereocenters. The van der Waals surface area contributed by atoms with Crippen LogP contribution in [0.3, 0.4) is 0 Å². The molecule has 0 aromatic heterocycles. The summed E-state index contributed by atoms with van der Waals surface area (Å²) >= 11 is 5.82. The highest BCUT2D eigenvalue weighted by Crippen LogP contribution is 2.64. The van der Waals surface area contributed by atoms with Gasteiger partial charge < -0.3 is 9.47 Å². The summed E-state index contributed by atoms with van der Waals surface area (Å²) in [6, 6.07) is 0. The molecule has 0 spiro atoms. The molecule has 0 bridgehead atoms. The van der Waals surface area contributed by atoms with Crippen LogP contribution in [0, 0.1) is 0 Å². The van der Waals surface area contributed by atoms with Crippen LogP contribution in [-0.2, 0) is 9.47 Å². The molecule has 1 unspecified atom stereocenters. The Morgan fingerprint density at radius 1 is 1.25 bits per heavy atom. The lowest BCUT2D eigenvalue weighted by Crippen LogP contribution is -2.32. The predicted octanol–water partition coefficient (Wildman–Crippen LogP) is 3.33. The standard InChI is InChI=1S/C12H19BrO2S/c1-10(2)14-7-9(15-10)12(5-6-12)16-11(8-13)3-4-11/h9H,3-8H2,1-2H3. The highest BCUT2D eigenvalue weighted by Gasteiger charge is 2.60. The fourth-order valence-electron chi connectivity index (χ4n) is 2.39. The summed E-state index contributed by atoms with van der Waals surface area (Å²) in [4.78, 5) is 0. The largest absolute Gasteiger partial charge is 0.348 e. The number of hydrogen-bond acceptors (Lipinski definition) is 3. The van der Waals surface area contributed by atoms with Crippen molar-refractivity contribution in [3.05, 3.63) is 0 Å². The average Bonchev–Trinajstić information content (AvgIpc) is 3.13. The summed E-state index contributed by atoms with van der Waals surface area (Å²) in [6.07, 6.45) is 5.64. The van der Waals surface area contributed by atoms with Gasteiger partial charge in [-0.05, 0) is 39.5 Å². The van der Waals surface area contributed by atoms with E-state index in [0.29, 0.717) is 15.6 Å². The number of rotatable bonds is 4. The molecule has 1 aliphatic heterocycles. The first-order chi connectivity index (χ1) is 7.49. The Labute approximate surface area is 110 Å². The van der Waals surface area contributed by atoms with Gasteiger partial charge in [0.15, 0.2) is 5.79 Å². The van der Waals surface area contributed by atoms with E-state index in [-0.39, 0.29) is 5.79 Å². The van der Waals surface area contributed by atoms with Crippen molar-refractivity contribution in [2.45, 2.75) is 60.9 Å². The molecule has 1 heterocycles. The van der Waals surface area contributed by atoms with Gasteiger partial charge in [0.2, 0.25) is 0 Å². The summed E-state index contributed by atoms with van der Waals surface area (Å²) in [6.45, 7) is 4.81. The summed E-state index contributed by atoms with van der Waals surface area (Å²) in [5.41, 5.74) is 0. The van der Waals surface area contributed by atoms with Gasteiger partial charge in [0.1, 0.15) is 0 Å². The predicted molar refractivity (Wildman–Crippen MR) is 70.2 cm³/mol. The first-order valence-electron chi connectivity index (χ1n) is 6.07. The van der Waals surface area contributed by atoms with E-state index in [1.807, 2.05) is 13.8 Å². The molecule has 2 saturated carbocycles. The topological polar surface area (TPSA) is 18.5 Å².